The Morgan fingerprint density at radius 2 is 1.63 bits per heavy atom. The lowest BCUT2D eigenvalue weighted by molar-refractivity contribution is -0.112. The summed E-state index contributed by atoms with van der Waals surface area (Å²) in [5.74, 6) is 0.317. The van der Waals surface area contributed by atoms with Gasteiger partial charge in [0.05, 0.1) is 0 Å². The number of anilines is 3. The van der Waals surface area contributed by atoms with E-state index >= 15 is 0 Å². The fourth-order valence-corrected chi connectivity index (χ4v) is 1.97. The maximum absolute atomic E-state index is 5.90. The summed E-state index contributed by atoms with van der Waals surface area (Å²) in [4.78, 5) is 7.90. The number of aromatic nitrogens is 2. The van der Waals surface area contributed by atoms with E-state index in [0.717, 1.165) is 12.8 Å². The summed E-state index contributed by atoms with van der Waals surface area (Å²) in [7, 11) is 3.12. The van der Waals surface area contributed by atoms with Gasteiger partial charge in [-0.2, -0.15) is 9.97 Å². The van der Waals surface area contributed by atoms with Crippen LogP contribution in [0.1, 0.15) is 31.2 Å². The number of hydrogen-bond donors (Lipinski definition) is 3. The zero-order valence-electron chi connectivity index (χ0n) is 11.6. The molecule has 0 aliphatic carbocycles. The molecular formula is C12H22N5O2. The summed E-state index contributed by atoms with van der Waals surface area (Å²) in [5.41, 5.74) is 17.9. The van der Waals surface area contributed by atoms with Crippen LogP contribution in [0.15, 0.2) is 0 Å². The molecule has 0 saturated heterocycles. The minimum atomic E-state index is -0.497. The minimum absolute atomic E-state index is 0.0550. The van der Waals surface area contributed by atoms with Crippen molar-refractivity contribution in [1.29, 1.82) is 0 Å². The van der Waals surface area contributed by atoms with Gasteiger partial charge in [0.2, 0.25) is 5.95 Å². The molecule has 0 spiro atoms. The lowest BCUT2D eigenvalue weighted by Crippen LogP contribution is -2.26. The van der Waals surface area contributed by atoms with E-state index in [4.69, 9.17) is 26.7 Å². The summed E-state index contributed by atoms with van der Waals surface area (Å²) in [6, 6.07) is 0. The van der Waals surface area contributed by atoms with Gasteiger partial charge in [-0.1, -0.05) is 13.3 Å². The molecule has 0 bridgehead atoms. The van der Waals surface area contributed by atoms with Crippen LogP contribution in [-0.2, 0) is 9.47 Å². The molecule has 1 rings (SSSR count). The highest BCUT2D eigenvalue weighted by molar-refractivity contribution is 5.58. The molecule has 0 aromatic carbocycles. The molecule has 1 aromatic heterocycles. The van der Waals surface area contributed by atoms with Crippen molar-refractivity contribution in [2.45, 2.75) is 32.0 Å². The lowest BCUT2D eigenvalue weighted by atomic mass is 9.93. The molecular weight excluding hydrogens is 246 g/mol. The lowest BCUT2D eigenvalue weighted by Gasteiger charge is -2.26. The highest BCUT2D eigenvalue weighted by Crippen LogP contribution is 2.33. The molecule has 1 unspecified atom stereocenters. The third-order valence-electron chi connectivity index (χ3n) is 2.82. The van der Waals surface area contributed by atoms with E-state index in [1.165, 1.54) is 0 Å². The molecule has 0 aliphatic rings. The second kappa shape index (κ2) is 7.10. The molecule has 107 valence electrons. The first-order chi connectivity index (χ1) is 9.04. The average Bonchev–Trinajstić information content (AvgIpc) is 2.35. The third-order valence-corrected chi connectivity index (χ3v) is 2.82. The molecule has 1 aromatic rings. The van der Waals surface area contributed by atoms with Crippen LogP contribution < -0.4 is 17.2 Å². The maximum Gasteiger partial charge on any atom is 0.223 e. The van der Waals surface area contributed by atoms with Crippen molar-refractivity contribution in [3.05, 3.63) is 12.0 Å². The fraction of sp³-hybridized carbons (Fsp3) is 0.583. The summed E-state index contributed by atoms with van der Waals surface area (Å²) in [6.45, 7) is 2.08. The molecule has 1 atom stereocenters. The van der Waals surface area contributed by atoms with Gasteiger partial charge in [0, 0.05) is 25.7 Å². The van der Waals surface area contributed by atoms with Gasteiger partial charge in [0.15, 0.2) is 6.29 Å². The minimum Gasteiger partial charge on any atom is -0.383 e. The summed E-state index contributed by atoms with van der Waals surface area (Å²) in [6.07, 6.45) is 3.41. The number of nitrogen functional groups attached to an aromatic ring is 3. The Morgan fingerprint density at radius 1 is 1.11 bits per heavy atom. The van der Waals surface area contributed by atoms with E-state index in [1.54, 1.807) is 14.2 Å². The third kappa shape index (κ3) is 3.68. The first-order valence-corrected chi connectivity index (χ1v) is 6.12. The summed E-state index contributed by atoms with van der Waals surface area (Å²) in [5, 5.41) is 0. The normalized spacial score (nSPS) is 12.8. The van der Waals surface area contributed by atoms with Gasteiger partial charge >= 0.3 is 0 Å². The van der Waals surface area contributed by atoms with Gasteiger partial charge in [-0.15, -0.1) is 0 Å². The van der Waals surface area contributed by atoms with Crippen LogP contribution in [0.4, 0.5) is 17.6 Å². The van der Waals surface area contributed by atoms with Crippen LogP contribution >= 0.6 is 0 Å². The van der Waals surface area contributed by atoms with Gasteiger partial charge in [0.25, 0.3) is 0 Å². The van der Waals surface area contributed by atoms with E-state index in [0.29, 0.717) is 5.56 Å². The zero-order chi connectivity index (χ0) is 14.4. The number of unbranched alkanes of at least 4 members (excludes halogenated alkanes) is 1. The number of nitrogens with zero attached hydrogens (tertiary/aromatic N) is 2. The van der Waals surface area contributed by atoms with Crippen molar-refractivity contribution < 1.29 is 9.47 Å². The van der Waals surface area contributed by atoms with E-state index in [2.05, 4.69) is 16.9 Å². The predicted octanol–water partition coefficient (Wildman–Crippen LogP) is 0.930. The monoisotopic (exact) mass is 268 g/mol. The van der Waals surface area contributed by atoms with Crippen LogP contribution in [0.3, 0.4) is 0 Å². The van der Waals surface area contributed by atoms with E-state index in [9.17, 15) is 0 Å². The molecule has 0 fully saturated rings. The number of methoxy groups -OCH3 is 2. The van der Waals surface area contributed by atoms with E-state index < -0.39 is 6.29 Å². The van der Waals surface area contributed by atoms with Crippen LogP contribution in [0.2, 0.25) is 0 Å². The standard InChI is InChI=1S/C12H22N5O2/c1-4-5-6-7(11(18-2)19-3)8-9(13)16-12(15)17-10(8)14/h6-7,11H,4-5H2,1-3H3,(H6,13,14,15,16,17). The first-order valence-electron chi connectivity index (χ1n) is 6.12. The smallest absolute Gasteiger partial charge is 0.223 e. The average molecular weight is 268 g/mol. The molecule has 0 amide bonds. The quantitative estimate of drug-likeness (QED) is 0.628. The maximum atomic E-state index is 5.90. The van der Waals surface area contributed by atoms with Crippen molar-refractivity contribution in [2.24, 2.45) is 0 Å². The predicted molar refractivity (Wildman–Crippen MR) is 75.0 cm³/mol. The van der Waals surface area contributed by atoms with Crippen LogP contribution in [0.25, 0.3) is 0 Å². The Hall–Kier alpha value is -1.60. The second-order valence-electron chi connectivity index (χ2n) is 4.16. The number of nitrogens with two attached hydrogens (primary N) is 3. The van der Waals surface area contributed by atoms with E-state index in [1.807, 2.05) is 6.42 Å². The number of ether oxygens (including phenoxy) is 2. The van der Waals surface area contributed by atoms with Gasteiger partial charge in [0.1, 0.15) is 11.6 Å². The van der Waals surface area contributed by atoms with Crippen LogP contribution in [-0.4, -0.2) is 30.5 Å². The van der Waals surface area contributed by atoms with Crippen molar-refractivity contribution in [1.82, 2.24) is 9.97 Å². The molecule has 7 nitrogen and oxygen atoms in total. The Bertz CT molecular complexity index is 386. The van der Waals surface area contributed by atoms with Crippen molar-refractivity contribution in [2.75, 3.05) is 31.4 Å². The molecule has 7 heteroatoms. The molecule has 0 aliphatic heterocycles. The van der Waals surface area contributed by atoms with Crippen molar-refractivity contribution in [3.8, 4) is 0 Å². The Kier molecular flexibility index (Phi) is 5.78. The Morgan fingerprint density at radius 3 is 2.05 bits per heavy atom. The van der Waals surface area contributed by atoms with Gasteiger partial charge in [-0.3, -0.25) is 0 Å². The summed E-state index contributed by atoms with van der Waals surface area (Å²) < 4.78 is 10.6. The fourth-order valence-electron chi connectivity index (χ4n) is 1.97. The van der Waals surface area contributed by atoms with Crippen LogP contribution in [0.5, 0.6) is 0 Å². The molecule has 1 radical (unpaired) electrons. The molecule has 6 N–H and O–H groups in total. The Labute approximate surface area is 113 Å². The van der Waals surface area contributed by atoms with E-state index in [-0.39, 0.29) is 23.5 Å². The topological polar surface area (TPSA) is 122 Å². The molecule has 19 heavy (non-hydrogen) atoms. The van der Waals surface area contributed by atoms with Crippen molar-refractivity contribution >= 4 is 17.6 Å². The highest BCUT2D eigenvalue weighted by atomic mass is 16.7. The Balaban J connectivity index is 3.16. The summed E-state index contributed by atoms with van der Waals surface area (Å²) >= 11 is 0. The van der Waals surface area contributed by atoms with Gasteiger partial charge in [-0.05, 0) is 12.8 Å². The SMILES string of the molecule is CCC[CH]C(c1c(N)nc(N)nc1N)C(OC)OC. The van der Waals surface area contributed by atoms with Gasteiger partial charge < -0.3 is 26.7 Å². The zero-order valence-corrected chi connectivity index (χ0v) is 11.6. The highest BCUT2D eigenvalue weighted by Gasteiger charge is 2.28. The second-order valence-corrected chi connectivity index (χ2v) is 4.16. The van der Waals surface area contributed by atoms with Crippen molar-refractivity contribution in [3.63, 3.8) is 0 Å². The number of hydrogen-bond acceptors (Lipinski definition) is 7. The largest absolute Gasteiger partial charge is 0.383 e. The van der Waals surface area contributed by atoms with Crippen LogP contribution in [0, 0.1) is 6.42 Å². The number of rotatable bonds is 7. The molecule has 1 heterocycles. The van der Waals surface area contributed by atoms with Gasteiger partial charge in [-0.25, -0.2) is 0 Å². The molecule has 0 saturated carbocycles. The first kappa shape index (κ1) is 15.5.